The van der Waals surface area contributed by atoms with E-state index < -0.39 is 5.82 Å². The van der Waals surface area contributed by atoms with Crippen LogP contribution in [0.15, 0.2) is 90.2 Å². The molecule has 0 bridgehead atoms. The fourth-order valence-electron chi connectivity index (χ4n) is 2.89. The lowest BCUT2D eigenvalue weighted by molar-refractivity contribution is 0.102. The molecular weight excluding hydrogens is 425 g/mol. The third-order valence-electron chi connectivity index (χ3n) is 4.53. The Kier molecular flexibility index (Phi) is 6.62. The highest BCUT2D eigenvalue weighted by Gasteiger charge is 2.09. The summed E-state index contributed by atoms with van der Waals surface area (Å²) in [6.45, 7) is 0. The molecule has 0 saturated carbocycles. The second-order valence-electron chi connectivity index (χ2n) is 6.89. The number of amides is 1. The summed E-state index contributed by atoms with van der Waals surface area (Å²) >= 11 is 1.50. The molecule has 0 aliphatic heterocycles. The minimum atomic E-state index is -0.451. The zero-order valence-corrected chi connectivity index (χ0v) is 17.8. The number of aromatic nitrogens is 2. The van der Waals surface area contributed by atoms with Gasteiger partial charge in [-0.15, -0.1) is 0 Å². The molecule has 6 nitrogen and oxygen atoms in total. The smallest absolute Gasteiger partial charge is 0.255 e. The monoisotopic (exact) mass is 445 g/mol. The molecule has 0 radical (unpaired) electrons. The lowest BCUT2D eigenvalue weighted by Gasteiger charge is -2.09. The molecular formula is C24H20FN5OS. The molecule has 0 unspecified atom stereocenters. The molecule has 0 atom stereocenters. The van der Waals surface area contributed by atoms with E-state index in [0.717, 1.165) is 17.1 Å². The molecule has 8 heteroatoms. The summed E-state index contributed by atoms with van der Waals surface area (Å²) in [4.78, 5) is 21.3. The molecule has 1 aromatic heterocycles. The van der Waals surface area contributed by atoms with Crippen molar-refractivity contribution in [1.29, 1.82) is 0 Å². The Morgan fingerprint density at radius 3 is 2.53 bits per heavy atom. The van der Waals surface area contributed by atoms with E-state index in [4.69, 9.17) is 5.73 Å². The summed E-state index contributed by atoms with van der Waals surface area (Å²) in [6, 6.07) is 22.7. The summed E-state index contributed by atoms with van der Waals surface area (Å²) < 4.78 is 13.2. The maximum Gasteiger partial charge on any atom is 0.255 e. The Hall–Kier alpha value is -3.91. The standard InChI is InChI=1S/C24H20FN5OS/c25-18-10-11-21(20(26)14-18)29-23(31)17-8-6-16(7-9-17)15-32-24-27-13-12-22(30-24)28-19-4-2-1-3-5-19/h1-14H,15,26H2,(H,29,31)(H,27,28,30). The van der Waals surface area contributed by atoms with Crippen molar-refractivity contribution in [3.63, 3.8) is 0 Å². The van der Waals surface area contributed by atoms with E-state index in [1.54, 1.807) is 18.3 Å². The fourth-order valence-corrected chi connectivity index (χ4v) is 3.68. The van der Waals surface area contributed by atoms with Crippen LogP contribution in [0.1, 0.15) is 15.9 Å². The van der Waals surface area contributed by atoms with Crippen molar-refractivity contribution < 1.29 is 9.18 Å². The number of carbonyl (C=O) groups is 1. The predicted molar refractivity (Wildman–Crippen MR) is 127 cm³/mol. The molecule has 4 aromatic rings. The number of nitrogens with two attached hydrogens (primary N) is 1. The van der Waals surface area contributed by atoms with Crippen LogP contribution < -0.4 is 16.4 Å². The van der Waals surface area contributed by atoms with Crippen LogP contribution in [-0.4, -0.2) is 15.9 Å². The lowest BCUT2D eigenvalue weighted by Crippen LogP contribution is -2.13. The van der Waals surface area contributed by atoms with Gasteiger partial charge in [-0.2, -0.15) is 0 Å². The fraction of sp³-hybridized carbons (Fsp3) is 0.0417. The molecule has 1 amide bonds. The van der Waals surface area contributed by atoms with Gasteiger partial charge in [-0.25, -0.2) is 14.4 Å². The number of anilines is 4. The number of nitrogens with zero attached hydrogens (tertiary/aromatic N) is 2. The van der Waals surface area contributed by atoms with Gasteiger partial charge in [-0.1, -0.05) is 42.1 Å². The van der Waals surface area contributed by atoms with Crippen molar-refractivity contribution in [2.24, 2.45) is 0 Å². The lowest BCUT2D eigenvalue weighted by atomic mass is 10.1. The van der Waals surface area contributed by atoms with Gasteiger partial charge < -0.3 is 16.4 Å². The minimum absolute atomic E-state index is 0.176. The number of halogens is 1. The van der Waals surface area contributed by atoms with Crippen LogP contribution in [0.3, 0.4) is 0 Å². The summed E-state index contributed by atoms with van der Waals surface area (Å²) in [5.41, 5.74) is 8.76. The molecule has 0 aliphatic rings. The van der Waals surface area contributed by atoms with Gasteiger partial charge in [0.05, 0.1) is 11.4 Å². The van der Waals surface area contributed by atoms with E-state index in [9.17, 15) is 9.18 Å². The van der Waals surface area contributed by atoms with Crippen molar-refractivity contribution in [2.75, 3.05) is 16.4 Å². The number of thioether (sulfide) groups is 1. The Morgan fingerprint density at radius 2 is 1.78 bits per heavy atom. The average molecular weight is 446 g/mol. The molecule has 1 heterocycles. The number of carbonyl (C=O) groups excluding carboxylic acids is 1. The van der Waals surface area contributed by atoms with Crippen LogP contribution in [0, 0.1) is 5.82 Å². The normalized spacial score (nSPS) is 10.5. The maximum atomic E-state index is 13.2. The molecule has 32 heavy (non-hydrogen) atoms. The second-order valence-corrected chi connectivity index (χ2v) is 7.83. The zero-order chi connectivity index (χ0) is 22.3. The van der Waals surface area contributed by atoms with E-state index in [0.29, 0.717) is 22.2 Å². The largest absolute Gasteiger partial charge is 0.397 e. The number of rotatable bonds is 7. The van der Waals surface area contributed by atoms with Gasteiger partial charge in [0.2, 0.25) is 0 Å². The Balaban J connectivity index is 1.35. The van der Waals surface area contributed by atoms with E-state index in [1.807, 2.05) is 48.5 Å². The van der Waals surface area contributed by atoms with Gasteiger partial charge >= 0.3 is 0 Å². The van der Waals surface area contributed by atoms with Crippen LogP contribution in [0.2, 0.25) is 0 Å². The van der Waals surface area contributed by atoms with Crippen LogP contribution in [-0.2, 0) is 5.75 Å². The highest BCUT2D eigenvalue weighted by molar-refractivity contribution is 7.98. The number of nitrogen functional groups attached to an aromatic ring is 1. The zero-order valence-electron chi connectivity index (χ0n) is 17.0. The van der Waals surface area contributed by atoms with E-state index in [-0.39, 0.29) is 11.6 Å². The Bertz CT molecular complexity index is 1220. The number of benzene rings is 3. The Labute approximate surface area is 189 Å². The van der Waals surface area contributed by atoms with Crippen molar-refractivity contribution in [3.05, 3.63) is 102 Å². The maximum absolute atomic E-state index is 13.2. The second kappa shape index (κ2) is 9.93. The number of nitrogens with one attached hydrogen (secondary N) is 2. The first-order valence-corrected chi connectivity index (χ1v) is 10.8. The number of para-hydroxylation sites is 1. The predicted octanol–water partition coefficient (Wildman–Crippen LogP) is 5.49. The van der Waals surface area contributed by atoms with Crippen LogP contribution >= 0.6 is 11.8 Å². The van der Waals surface area contributed by atoms with Crippen LogP contribution in [0.4, 0.5) is 27.3 Å². The van der Waals surface area contributed by atoms with E-state index in [2.05, 4.69) is 20.6 Å². The van der Waals surface area contributed by atoms with Gasteiger partial charge in [-0.3, -0.25) is 4.79 Å². The van der Waals surface area contributed by atoms with Gasteiger partial charge in [0.15, 0.2) is 5.16 Å². The summed E-state index contributed by atoms with van der Waals surface area (Å²) in [7, 11) is 0. The average Bonchev–Trinajstić information content (AvgIpc) is 2.81. The molecule has 0 aliphatic carbocycles. The molecule has 4 N–H and O–H groups in total. The van der Waals surface area contributed by atoms with Gasteiger partial charge in [-0.05, 0) is 54.1 Å². The first kappa shape index (κ1) is 21.3. The Morgan fingerprint density at radius 1 is 1.00 bits per heavy atom. The molecule has 0 saturated heterocycles. The quantitative estimate of drug-likeness (QED) is 0.198. The first-order valence-electron chi connectivity index (χ1n) is 9.80. The van der Waals surface area contributed by atoms with Gasteiger partial charge in [0.25, 0.3) is 5.91 Å². The van der Waals surface area contributed by atoms with Crippen LogP contribution in [0.25, 0.3) is 0 Å². The summed E-state index contributed by atoms with van der Waals surface area (Å²) in [6.07, 6.45) is 1.72. The number of hydrogen-bond donors (Lipinski definition) is 3. The third kappa shape index (κ3) is 5.61. The summed E-state index contributed by atoms with van der Waals surface area (Å²) in [5, 5.41) is 6.60. The minimum Gasteiger partial charge on any atom is -0.397 e. The summed E-state index contributed by atoms with van der Waals surface area (Å²) in [5.74, 6) is 0.612. The molecule has 0 spiro atoms. The van der Waals surface area contributed by atoms with Gasteiger partial charge in [0.1, 0.15) is 11.6 Å². The van der Waals surface area contributed by atoms with Gasteiger partial charge in [0, 0.05) is 23.2 Å². The highest BCUT2D eigenvalue weighted by atomic mass is 32.2. The third-order valence-corrected chi connectivity index (χ3v) is 5.46. The highest BCUT2D eigenvalue weighted by Crippen LogP contribution is 2.23. The van der Waals surface area contributed by atoms with Crippen LogP contribution in [0.5, 0.6) is 0 Å². The first-order chi connectivity index (χ1) is 15.6. The van der Waals surface area contributed by atoms with Crippen molar-refractivity contribution in [2.45, 2.75) is 10.9 Å². The van der Waals surface area contributed by atoms with Crippen molar-refractivity contribution in [3.8, 4) is 0 Å². The van der Waals surface area contributed by atoms with E-state index in [1.165, 1.54) is 30.0 Å². The molecule has 3 aromatic carbocycles. The van der Waals surface area contributed by atoms with Crippen molar-refractivity contribution >= 4 is 40.5 Å². The molecule has 4 rings (SSSR count). The number of hydrogen-bond acceptors (Lipinski definition) is 6. The van der Waals surface area contributed by atoms with E-state index >= 15 is 0 Å². The topological polar surface area (TPSA) is 92.9 Å². The van der Waals surface area contributed by atoms with Crippen molar-refractivity contribution in [1.82, 2.24) is 9.97 Å². The molecule has 0 fully saturated rings. The SMILES string of the molecule is Nc1cc(F)ccc1NC(=O)c1ccc(CSc2nccc(Nc3ccccc3)n2)cc1. The molecule has 160 valence electrons.